The second-order valence-electron chi connectivity index (χ2n) is 7.29. The first-order valence-electron chi connectivity index (χ1n) is 9.65. The highest BCUT2D eigenvalue weighted by atomic mass is 32.2. The first-order chi connectivity index (χ1) is 15.3. The average Bonchev–Trinajstić information content (AvgIpc) is 3.00. The molecule has 2 aromatic carbocycles. The van der Waals surface area contributed by atoms with Gasteiger partial charge in [0.15, 0.2) is 0 Å². The molecule has 7 nitrogen and oxygen atoms in total. The van der Waals surface area contributed by atoms with Gasteiger partial charge in [0.05, 0.1) is 34.6 Å². The zero-order chi connectivity index (χ0) is 24.4. The fraction of sp³-hybridized carbons (Fsp3) is 0.182. The van der Waals surface area contributed by atoms with Crippen molar-refractivity contribution in [2.45, 2.75) is 20.0 Å². The third kappa shape index (κ3) is 6.01. The van der Waals surface area contributed by atoms with Gasteiger partial charge in [0, 0.05) is 17.3 Å². The second-order valence-corrected chi connectivity index (χ2v) is 9.04. The maximum atomic E-state index is 13.1. The lowest BCUT2D eigenvalue weighted by Gasteiger charge is -2.14. The average molecular weight is 478 g/mol. The molecule has 0 radical (unpaired) electrons. The molecule has 0 saturated heterocycles. The summed E-state index contributed by atoms with van der Waals surface area (Å²) in [5, 5.41) is 6.78. The first kappa shape index (κ1) is 24.1. The molecule has 0 bridgehead atoms. The minimum absolute atomic E-state index is 0.184. The maximum Gasteiger partial charge on any atom is 0.416 e. The number of rotatable bonds is 6. The molecule has 174 valence electrons. The van der Waals surface area contributed by atoms with Crippen molar-refractivity contribution in [3.05, 3.63) is 77.1 Å². The lowest BCUT2D eigenvalue weighted by Crippen LogP contribution is -2.16. The van der Waals surface area contributed by atoms with E-state index in [1.807, 2.05) is 37.3 Å². The van der Waals surface area contributed by atoms with Crippen LogP contribution >= 0.6 is 0 Å². The van der Waals surface area contributed by atoms with Crippen LogP contribution in [0.3, 0.4) is 0 Å². The maximum absolute atomic E-state index is 13.1. The molecule has 0 aliphatic rings. The van der Waals surface area contributed by atoms with Gasteiger partial charge in [0.1, 0.15) is 0 Å². The van der Waals surface area contributed by atoms with Gasteiger partial charge in [-0.1, -0.05) is 18.2 Å². The normalized spacial score (nSPS) is 12.2. The predicted molar refractivity (Wildman–Crippen MR) is 121 cm³/mol. The van der Waals surface area contributed by atoms with E-state index >= 15 is 0 Å². The van der Waals surface area contributed by atoms with E-state index in [2.05, 4.69) is 15.1 Å². The van der Waals surface area contributed by atoms with E-state index in [1.165, 1.54) is 6.08 Å². The summed E-state index contributed by atoms with van der Waals surface area (Å²) in [6.07, 6.45) is -1.16. The lowest BCUT2D eigenvalue weighted by atomic mass is 10.1. The van der Waals surface area contributed by atoms with Gasteiger partial charge in [-0.05, 0) is 50.3 Å². The number of nitrogens with zero attached hydrogens (tertiary/aromatic N) is 2. The van der Waals surface area contributed by atoms with E-state index in [9.17, 15) is 26.4 Å². The van der Waals surface area contributed by atoms with Crippen LogP contribution < -0.4 is 10.0 Å². The van der Waals surface area contributed by atoms with Crippen molar-refractivity contribution in [3.8, 4) is 5.69 Å². The minimum Gasteiger partial charge on any atom is -0.321 e. The third-order valence-corrected chi connectivity index (χ3v) is 5.24. The Bertz CT molecular complexity index is 1310. The molecule has 0 unspecified atom stereocenters. The second kappa shape index (κ2) is 9.10. The van der Waals surface area contributed by atoms with Crippen molar-refractivity contribution in [3.63, 3.8) is 0 Å². The van der Waals surface area contributed by atoms with Gasteiger partial charge in [0.2, 0.25) is 15.9 Å². The first-order valence-corrected chi connectivity index (χ1v) is 11.5. The molecule has 3 aromatic rings. The van der Waals surface area contributed by atoms with E-state index in [1.54, 1.807) is 11.6 Å². The van der Waals surface area contributed by atoms with Gasteiger partial charge in [-0.25, -0.2) is 13.1 Å². The molecule has 3 rings (SSSR count). The van der Waals surface area contributed by atoms with Crippen LogP contribution in [0.1, 0.15) is 22.5 Å². The van der Waals surface area contributed by atoms with E-state index in [-0.39, 0.29) is 11.4 Å². The Morgan fingerprint density at radius 2 is 1.73 bits per heavy atom. The molecule has 1 aromatic heterocycles. The fourth-order valence-corrected chi connectivity index (χ4v) is 3.74. The van der Waals surface area contributed by atoms with Crippen LogP contribution in [0.5, 0.6) is 0 Å². The quantitative estimate of drug-likeness (QED) is 0.509. The molecule has 33 heavy (non-hydrogen) atoms. The number of para-hydroxylation sites is 1. The molecule has 1 amide bonds. The largest absolute Gasteiger partial charge is 0.416 e. The summed E-state index contributed by atoms with van der Waals surface area (Å²) >= 11 is 0. The number of carbonyl (C=O) groups excluding carboxylic acids is 1. The zero-order valence-electron chi connectivity index (χ0n) is 17.9. The summed E-state index contributed by atoms with van der Waals surface area (Å²) < 4.78 is 66.2. The molecule has 0 fully saturated rings. The molecule has 0 aliphatic carbocycles. The van der Waals surface area contributed by atoms with E-state index < -0.39 is 27.7 Å². The highest BCUT2D eigenvalue weighted by molar-refractivity contribution is 7.92. The lowest BCUT2D eigenvalue weighted by molar-refractivity contribution is -0.137. The minimum atomic E-state index is -4.67. The van der Waals surface area contributed by atoms with Crippen LogP contribution in [-0.2, 0) is 21.0 Å². The summed E-state index contributed by atoms with van der Waals surface area (Å²) in [5.41, 5.74) is 1.39. The standard InChI is InChI=1S/C22H21F3N4O3S/c1-14-18(15(2)29(27-14)17-7-5-4-6-8-17)10-12-21(30)26-20-13-16(22(23,24)25)9-11-19(20)28-33(3,31)32/h4-13,28H,1-3H3,(H,26,30)/b12-10+. The van der Waals surface area contributed by atoms with Crippen LogP contribution in [0.4, 0.5) is 24.5 Å². The smallest absolute Gasteiger partial charge is 0.321 e. The molecule has 0 saturated carbocycles. The van der Waals surface area contributed by atoms with Gasteiger partial charge in [0.25, 0.3) is 0 Å². The molecular weight excluding hydrogens is 457 g/mol. The van der Waals surface area contributed by atoms with Crippen molar-refractivity contribution in [1.29, 1.82) is 0 Å². The van der Waals surface area contributed by atoms with Gasteiger partial charge < -0.3 is 5.32 Å². The van der Waals surface area contributed by atoms with Gasteiger partial charge in [-0.3, -0.25) is 9.52 Å². The number of anilines is 2. The van der Waals surface area contributed by atoms with Crippen LogP contribution in [0.25, 0.3) is 11.8 Å². The number of nitrogens with one attached hydrogen (secondary N) is 2. The Balaban J connectivity index is 1.88. The molecule has 0 spiro atoms. The number of hydrogen-bond donors (Lipinski definition) is 2. The molecule has 1 heterocycles. The third-order valence-electron chi connectivity index (χ3n) is 4.65. The van der Waals surface area contributed by atoms with Crippen molar-refractivity contribution < 1.29 is 26.4 Å². The van der Waals surface area contributed by atoms with Gasteiger partial charge in [-0.2, -0.15) is 18.3 Å². The van der Waals surface area contributed by atoms with Crippen LogP contribution in [0.2, 0.25) is 0 Å². The predicted octanol–water partition coefficient (Wildman–Crippen LogP) is 4.53. The molecule has 0 atom stereocenters. The Kier molecular flexibility index (Phi) is 6.63. The van der Waals surface area contributed by atoms with Gasteiger partial charge in [-0.15, -0.1) is 0 Å². The fourth-order valence-electron chi connectivity index (χ4n) is 3.16. The number of benzene rings is 2. The number of aromatic nitrogens is 2. The number of sulfonamides is 1. The van der Waals surface area contributed by atoms with Crippen LogP contribution in [0.15, 0.2) is 54.6 Å². The van der Waals surface area contributed by atoms with E-state index in [0.29, 0.717) is 17.3 Å². The number of amides is 1. The van der Waals surface area contributed by atoms with E-state index in [0.717, 1.165) is 35.8 Å². The highest BCUT2D eigenvalue weighted by Gasteiger charge is 2.31. The SMILES string of the molecule is Cc1nn(-c2ccccc2)c(C)c1/C=C/C(=O)Nc1cc(C(F)(F)F)ccc1NS(C)(=O)=O. The topological polar surface area (TPSA) is 93.1 Å². The Morgan fingerprint density at radius 3 is 2.33 bits per heavy atom. The summed E-state index contributed by atoms with van der Waals surface area (Å²) in [4.78, 5) is 12.5. The van der Waals surface area contributed by atoms with Gasteiger partial charge >= 0.3 is 6.18 Å². The molecule has 11 heteroatoms. The highest BCUT2D eigenvalue weighted by Crippen LogP contribution is 2.34. The Morgan fingerprint density at radius 1 is 1.06 bits per heavy atom. The van der Waals surface area contributed by atoms with E-state index in [4.69, 9.17) is 0 Å². The van der Waals surface area contributed by atoms with Crippen LogP contribution in [-0.4, -0.2) is 30.4 Å². The summed E-state index contributed by atoms with van der Waals surface area (Å²) in [6, 6.07) is 11.7. The van der Waals surface area contributed by atoms with Crippen molar-refractivity contribution in [2.75, 3.05) is 16.3 Å². The van der Waals surface area contributed by atoms with Crippen molar-refractivity contribution in [2.24, 2.45) is 0 Å². The Hall–Kier alpha value is -3.60. The zero-order valence-corrected chi connectivity index (χ0v) is 18.8. The molecule has 2 N–H and O–H groups in total. The Labute approximate surface area is 189 Å². The number of carbonyl (C=O) groups is 1. The molecular formula is C22H21F3N4O3S. The number of hydrogen-bond acceptors (Lipinski definition) is 4. The summed E-state index contributed by atoms with van der Waals surface area (Å²) in [6.45, 7) is 3.59. The van der Waals surface area contributed by atoms with Crippen LogP contribution in [0, 0.1) is 13.8 Å². The monoisotopic (exact) mass is 478 g/mol. The summed E-state index contributed by atoms with van der Waals surface area (Å²) in [5.74, 6) is -0.739. The number of aryl methyl sites for hydroxylation is 1. The molecule has 0 aliphatic heterocycles. The number of alkyl halides is 3. The summed E-state index contributed by atoms with van der Waals surface area (Å²) in [7, 11) is -3.79. The number of halogens is 3. The van der Waals surface area contributed by atoms with Crippen molar-refractivity contribution >= 4 is 33.4 Å². The van der Waals surface area contributed by atoms with Crippen molar-refractivity contribution in [1.82, 2.24) is 9.78 Å².